The Morgan fingerprint density at radius 3 is 2.62 bits per heavy atom. The average molecular weight is 346 g/mol. The number of hydrogen-bond donors (Lipinski definition) is 0. The van der Waals surface area contributed by atoms with Crippen molar-refractivity contribution in [3.8, 4) is 0 Å². The van der Waals surface area contributed by atoms with Crippen LogP contribution in [0.2, 0.25) is 0 Å². The van der Waals surface area contributed by atoms with Crippen LogP contribution in [0.1, 0.15) is 47.9 Å². The first-order valence-corrected chi connectivity index (χ1v) is 9.44. The summed E-state index contributed by atoms with van der Waals surface area (Å²) in [5.74, 6) is -0.328. The summed E-state index contributed by atoms with van der Waals surface area (Å²) in [4.78, 5) is 11.0. The minimum absolute atomic E-state index is 0.328. The molecular formula is C24H26O2. The summed E-state index contributed by atoms with van der Waals surface area (Å²) in [6, 6.07) is 17.3. The van der Waals surface area contributed by atoms with Crippen molar-refractivity contribution in [3.63, 3.8) is 0 Å². The Kier molecular flexibility index (Phi) is 6.43. The first-order valence-electron chi connectivity index (χ1n) is 9.44. The number of esters is 1. The number of benzene rings is 2. The third-order valence-corrected chi connectivity index (χ3v) is 4.88. The Morgan fingerprint density at radius 2 is 1.81 bits per heavy atom. The Balaban J connectivity index is 1.50. The molecule has 1 aliphatic carbocycles. The number of allylic oxidation sites excluding steroid dienone is 1. The molecule has 0 fully saturated rings. The van der Waals surface area contributed by atoms with E-state index in [4.69, 9.17) is 4.74 Å². The van der Waals surface area contributed by atoms with Gasteiger partial charge in [0.15, 0.2) is 0 Å². The molecule has 0 atom stereocenters. The van der Waals surface area contributed by atoms with Crippen LogP contribution >= 0.6 is 0 Å². The summed E-state index contributed by atoms with van der Waals surface area (Å²) >= 11 is 0. The van der Waals surface area contributed by atoms with Gasteiger partial charge in [0.05, 0.1) is 6.61 Å². The topological polar surface area (TPSA) is 26.3 Å². The maximum Gasteiger partial charge on any atom is 0.330 e. The maximum atomic E-state index is 11.0. The lowest BCUT2D eigenvalue weighted by Gasteiger charge is -2.07. The number of carbonyl (C=O) groups is 1. The first kappa shape index (κ1) is 18.2. The highest BCUT2D eigenvalue weighted by Crippen LogP contribution is 2.34. The van der Waals surface area contributed by atoms with Crippen molar-refractivity contribution in [2.24, 2.45) is 0 Å². The van der Waals surface area contributed by atoms with Crippen LogP contribution in [0.3, 0.4) is 0 Å². The van der Waals surface area contributed by atoms with E-state index in [1.807, 2.05) is 0 Å². The highest BCUT2D eigenvalue weighted by atomic mass is 16.5. The molecule has 0 N–H and O–H groups in total. The van der Waals surface area contributed by atoms with Gasteiger partial charge >= 0.3 is 5.97 Å². The highest BCUT2D eigenvalue weighted by molar-refractivity contribution is 5.89. The number of fused-ring (bicyclic) bond motifs is 1. The molecular weight excluding hydrogens is 320 g/mol. The van der Waals surface area contributed by atoms with E-state index in [1.54, 1.807) is 0 Å². The molecule has 0 saturated heterocycles. The van der Waals surface area contributed by atoms with E-state index in [0.29, 0.717) is 6.61 Å². The van der Waals surface area contributed by atoms with Crippen LogP contribution in [0.15, 0.2) is 61.2 Å². The van der Waals surface area contributed by atoms with Gasteiger partial charge < -0.3 is 4.74 Å². The van der Waals surface area contributed by atoms with Gasteiger partial charge in [0.1, 0.15) is 0 Å². The van der Waals surface area contributed by atoms with Crippen molar-refractivity contribution in [2.75, 3.05) is 6.61 Å². The number of aryl methyl sites for hydroxylation is 1. The van der Waals surface area contributed by atoms with Crippen LogP contribution in [0.25, 0.3) is 11.6 Å². The van der Waals surface area contributed by atoms with Crippen molar-refractivity contribution >= 4 is 17.6 Å². The van der Waals surface area contributed by atoms with Gasteiger partial charge in [-0.3, -0.25) is 0 Å². The number of unbranched alkanes of at least 4 members (excludes halogenated alkanes) is 3. The van der Waals surface area contributed by atoms with Gasteiger partial charge in [0.2, 0.25) is 0 Å². The van der Waals surface area contributed by atoms with E-state index in [0.717, 1.165) is 32.1 Å². The van der Waals surface area contributed by atoms with Crippen LogP contribution in [0.5, 0.6) is 0 Å². The van der Waals surface area contributed by atoms with E-state index in [9.17, 15) is 4.79 Å². The summed E-state index contributed by atoms with van der Waals surface area (Å²) in [7, 11) is 0. The molecule has 0 spiro atoms. The third kappa shape index (κ3) is 4.72. The molecule has 26 heavy (non-hydrogen) atoms. The van der Waals surface area contributed by atoms with Crippen molar-refractivity contribution in [3.05, 3.63) is 83.4 Å². The van der Waals surface area contributed by atoms with Gasteiger partial charge in [0, 0.05) is 6.08 Å². The minimum Gasteiger partial charge on any atom is -0.463 e. The minimum atomic E-state index is -0.328. The lowest BCUT2D eigenvalue weighted by atomic mass is 9.98. The quantitative estimate of drug-likeness (QED) is 0.335. The molecule has 0 bridgehead atoms. The van der Waals surface area contributed by atoms with E-state index in [-0.39, 0.29) is 5.97 Å². The molecule has 0 heterocycles. The van der Waals surface area contributed by atoms with Crippen LogP contribution in [-0.4, -0.2) is 12.6 Å². The fourth-order valence-corrected chi connectivity index (χ4v) is 3.49. The van der Waals surface area contributed by atoms with Gasteiger partial charge in [0.25, 0.3) is 0 Å². The van der Waals surface area contributed by atoms with Crippen LogP contribution < -0.4 is 0 Å². The van der Waals surface area contributed by atoms with Gasteiger partial charge in [-0.2, -0.15) is 0 Å². The summed E-state index contributed by atoms with van der Waals surface area (Å²) in [5.41, 5.74) is 7.05. The van der Waals surface area contributed by atoms with Gasteiger partial charge in [-0.1, -0.05) is 74.0 Å². The van der Waals surface area contributed by atoms with Crippen LogP contribution in [0.4, 0.5) is 0 Å². The van der Waals surface area contributed by atoms with E-state index < -0.39 is 0 Å². The smallest absolute Gasteiger partial charge is 0.330 e. The molecule has 1 aliphatic rings. The standard InChI is InChI=1S/C24H26O2/c1-2-24(25)26-16-9-4-3-6-13-20-14-10-15-21-17-22(18-23(20)21)19-11-7-5-8-12-19/h2,5,7-8,10-12,14-15,18H,1,3-4,6,9,13,16-17H2. The third-order valence-electron chi connectivity index (χ3n) is 4.88. The SMILES string of the molecule is C=CC(=O)OCCCCCCc1cccc2c1C=C(c1ccccc1)C2. The van der Waals surface area contributed by atoms with Crippen molar-refractivity contribution in [1.82, 2.24) is 0 Å². The zero-order valence-corrected chi connectivity index (χ0v) is 15.2. The lowest BCUT2D eigenvalue weighted by Crippen LogP contribution is -2.01. The molecule has 0 aliphatic heterocycles. The number of ether oxygens (including phenoxy) is 1. The van der Waals surface area contributed by atoms with E-state index >= 15 is 0 Å². The zero-order chi connectivity index (χ0) is 18.2. The Morgan fingerprint density at radius 1 is 1.00 bits per heavy atom. The monoisotopic (exact) mass is 346 g/mol. The fourth-order valence-electron chi connectivity index (χ4n) is 3.49. The predicted octanol–water partition coefficient (Wildman–Crippen LogP) is 5.62. The van der Waals surface area contributed by atoms with Gasteiger partial charge in [-0.05, 0) is 53.5 Å². The normalized spacial score (nSPS) is 12.4. The number of rotatable bonds is 9. The van der Waals surface area contributed by atoms with Crippen molar-refractivity contribution in [2.45, 2.75) is 38.5 Å². The molecule has 2 nitrogen and oxygen atoms in total. The van der Waals surface area contributed by atoms with Gasteiger partial charge in [-0.15, -0.1) is 0 Å². The van der Waals surface area contributed by atoms with Crippen molar-refractivity contribution < 1.29 is 9.53 Å². The van der Waals surface area contributed by atoms with Gasteiger partial charge in [-0.25, -0.2) is 4.79 Å². The zero-order valence-electron chi connectivity index (χ0n) is 15.2. The summed E-state index contributed by atoms with van der Waals surface area (Å²) in [5, 5.41) is 0. The molecule has 0 radical (unpaired) electrons. The molecule has 134 valence electrons. The van der Waals surface area contributed by atoms with E-state index in [1.165, 1.54) is 40.3 Å². The molecule has 0 amide bonds. The summed E-state index contributed by atoms with van der Waals surface area (Å²) in [6.07, 6.45) is 10.1. The predicted molar refractivity (Wildman–Crippen MR) is 108 cm³/mol. The molecule has 2 aromatic rings. The first-order chi connectivity index (χ1) is 12.8. The highest BCUT2D eigenvalue weighted by Gasteiger charge is 2.16. The Labute approximate surface area is 156 Å². The summed E-state index contributed by atoms with van der Waals surface area (Å²) < 4.78 is 5.01. The van der Waals surface area contributed by atoms with E-state index in [2.05, 4.69) is 61.2 Å². The maximum absolute atomic E-state index is 11.0. The molecule has 0 aromatic heterocycles. The lowest BCUT2D eigenvalue weighted by molar-refractivity contribution is -0.137. The second-order valence-electron chi connectivity index (χ2n) is 6.74. The second kappa shape index (κ2) is 9.19. The Hall–Kier alpha value is -2.61. The molecule has 0 unspecified atom stereocenters. The number of carbonyl (C=O) groups excluding carboxylic acids is 1. The van der Waals surface area contributed by atoms with Crippen molar-refractivity contribution in [1.29, 1.82) is 0 Å². The largest absolute Gasteiger partial charge is 0.463 e. The number of hydrogen-bond acceptors (Lipinski definition) is 2. The molecule has 2 aromatic carbocycles. The van der Waals surface area contributed by atoms with Crippen LogP contribution in [0, 0.1) is 0 Å². The Bertz CT molecular complexity index is 787. The molecule has 3 rings (SSSR count). The fraction of sp³-hybridized carbons (Fsp3) is 0.292. The summed E-state index contributed by atoms with van der Waals surface area (Å²) in [6.45, 7) is 3.89. The molecule has 2 heteroatoms. The average Bonchev–Trinajstić information content (AvgIpc) is 3.13. The molecule has 0 saturated carbocycles. The second-order valence-corrected chi connectivity index (χ2v) is 6.74. The van der Waals surface area contributed by atoms with Crippen LogP contribution in [-0.2, 0) is 22.4 Å².